The summed E-state index contributed by atoms with van der Waals surface area (Å²) in [7, 11) is 1.77. The molecule has 3 rings (SSSR count). The summed E-state index contributed by atoms with van der Waals surface area (Å²) < 4.78 is 1.59. The zero-order valence-electron chi connectivity index (χ0n) is 13.1. The summed E-state index contributed by atoms with van der Waals surface area (Å²) in [5.41, 5.74) is 0.936. The number of hydrogen-bond donors (Lipinski definition) is 0. The molecule has 1 aliphatic rings. The van der Waals surface area contributed by atoms with Crippen LogP contribution in [0.5, 0.6) is 0 Å². The maximum atomic E-state index is 12.6. The standard InChI is InChI=1S/C16H16Cl2N4O2/c1-20-10-11(9-19-20)15(23)21-5-7-22(8-6-21)16(24)12-3-2-4-13(17)14(12)18/h2-4,9-10H,5-8H2,1H3. The van der Waals surface area contributed by atoms with Crippen LogP contribution in [-0.2, 0) is 7.05 Å². The van der Waals surface area contributed by atoms with Gasteiger partial charge in [-0.1, -0.05) is 29.3 Å². The minimum absolute atomic E-state index is 0.0732. The Hall–Kier alpha value is -2.05. The van der Waals surface area contributed by atoms with Crippen LogP contribution in [0.4, 0.5) is 0 Å². The fourth-order valence-electron chi connectivity index (χ4n) is 2.67. The number of halogens is 2. The minimum atomic E-state index is -0.170. The molecule has 24 heavy (non-hydrogen) atoms. The molecule has 1 aliphatic heterocycles. The SMILES string of the molecule is Cn1cc(C(=O)N2CCN(C(=O)c3cccc(Cl)c3Cl)CC2)cn1. The summed E-state index contributed by atoms with van der Waals surface area (Å²) in [6.45, 7) is 1.84. The first-order valence-electron chi connectivity index (χ1n) is 7.48. The minimum Gasteiger partial charge on any atom is -0.335 e. The Morgan fingerprint density at radius 2 is 1.67 bits per heavy atom. The monoisotopic (exact) mass is 366 g/mol. The maximum absolute atomic E-state index is 12.6. The van der Waals surface area contributed by atoms with Gasteiger partial charge in [-0.15, -0.1) is 0 Å². The van der Waals surface area contributed by atoms with E-state index in [4.69, 9.17) is 23.2 Å². The molecular weight excluding hydrogens is 351 g/mol. The Balaban J connectivity index is 1.65. The highest BCUT2D eigenvalue weighted by Crippen LogP contribution is 2.26. The van der Waals surface area contributed by atoms with E-state index in [9.17, 15) is 9.59 Å². The van der Waals surface area contributed by atoms with Gasteiger partial charge in [0.25, 0.3) is 11.8 Å². The highest BCUT2D eigenvalue weighted by atomic mass is 35.5. The van der Waals surface area contributed by atoms with Crippen LogP contribution in [0.25, 0.3) is 0 Å². The lowest BCUT2D eigenvalue weighted by molar-refractivity contribution is 0.0535. The van der Waals surface area contributed by atoms with E-state index in [0.717, 1.165) is 0 Å². The molecule has 0 spiro atoms. The molecule has 1 saturated heterocycles. The predicted molar refractivity (Wildman–Crippen MR) is 91.5 cm³/mol. The second kappa shape index (κ2) is 6.83. The molecular formula is C16H16Cl2N4O2. The molecule has 0 atom stereocenters. The number of benzene rings is 1. The van der Waals surface area contributed by atoms with Crippen LogP contribution in [0.3, 0.4) is 0 Å². The molecule has 2 heterocycles. The number of carbonyl (C=O) groups excluding carboxylic acids is 2. The average Bonchev–Trinajstić information content (AvgIpc) is 3.03. The van der Waals surface area contributed by atoms with Crippen LogP contribution in [0.15, 0.2) is 30.6 Å². The number of hydrogen-bond acceptors (Lipinski definition) is 3. The summed E-state index contributed by atoms with van der Waals surface area (Å²) >= 11 is 12.1. The number of carbonyl (C=O) groups is 2. The molecule has 0 aliphatic carbocycles. The number of amides is 2. The van der Waals surface area contributed by atoms with Crippen LogP contribution in [0.1, 0.15) is 20.7 Å². The number of nitrogens with zero attached hydrogens (tertiary/aromatic N) is 4. The van der Waals surface area contributed by atoms with Gasteiger partial charge in [-0.3, -0.25) is 14.3 Å². The van der Waals surface area contributed by atoms with E-state index in [1.807, 2.05) is 0 Å². The van der Waals surface area contributed by atoms with Crippen LogP contribution in [0, 0.1) is 0 Å². The van der Waals surface area contributed by atoms with Gasteiger partial charge in [0.05, 0.1) is 27.4 Å². The van der Waals surface area contributed by atoms with Gasteiger partial charge in [0, 0.05) is 39.4 Å². The van der Waals surface area contributed by atoms with Crippen LogP contribution in [-0.4, -0.2) is 57.6 Å². The van der Waals surface area contributed by atoms with Crippen molar-refractivity contribution in [3.8, 4) is 0 Å². The van der Waals surface area contributed by atoms with Gasteiger partial charge in [-0.25, -0.2) is 0 Å². The highest BCUT2D eigenvalue weighted by molar-refractivity contribution is 6.43. The van der Waals surface area contributed by atoms with Crippen LogP contribution < -0.4 is 0 Å². The van der Waals surface area contributed by atoms with E-state index >= 15 is 0 Å². The van der Waals surface area contributed by atoms with E-state index in [0.29, 0.717) is 42.3 Å². The average molecular weight is 367 g/mol. The lowest BCUT2D eigenvalue weighted by Crippen LogP contribution is -2.50. The Labute approximate surface area is 149 Å². The zero-order chi connectivity index (χ0) is 17.3. The molecule has 0 bridgehead atoms. The molecule has 126 valence electrons. The third-order valence-corrected chi connectivity index (χ3v) is 4.81. The molecule has 1 aromatic heterocycles. The van der Waals surface area contributed by atoms with E-state index in [1.165, 1.54) is 0 Å². The third kappa shape index (κ3) is 3.25. The van der Waals surface area contributed by atoms with Gasteiger partial charge in [0.2, 0.25) is 0 Å². The first-order valence-corrected chi connectivity index (χ1v) is 8.24. The quantitative estimate of drug-likeness (QED) is 0.819. The summed E-state index contributed by atoms with van der Waals surface area (Å²) in [6, 6.07) is 5.00. The Bertz CT molecular complexity index is 782. The summed E-state index contributed by atoms with van der Waals surface area (Å²) in [5, 5.41) is 4.63. The molecule has 2 amide bonds. The molecule has 6 nitrogen and oxygen atoms in total. The van der Waals surface area contributed by atoms with E-state index in [-0.39, 0.29) is 16.8 Å². The number of rotatable bonds is 2. The van der Waals surface area contributed by atoms with E-state index < -0.39 is 0 Å². The van der Waals surface area contributed by atoms with Crippen molar-refractivity contribution < 1.29 is 9.59 Å². The van der Waals surface area contributed by atoms with Crippen molar-refractivity contribution in [3.63, 3.8) is 0 Å². The fourth-order valence-corrected chi connectivity index (χ4v) is 3.05. The third-order valence-electron chi connectivity index (χ3n) is 3.99. The molecule has 8 heteroatoms. The van der Waals surface area contributed by atoms with Gasteiger partial charge < -0.3 is 9.80 Å². The molecule has 0 saturated carbocycles. The maximum Gasteiger partial charge on any atom is 0.257 e. The summed E-state index contributed by atoms with van der Waals surface area (Å²) in [4.78, 5) is 28.4. The van der Waals surface area contributed by atoms with Crippen molar-refractivity contribution in [2.24, 2.45) is 7.05 Å². The Morgan fingerprint density at radius 1 is 1.04 bits per heavy atom. The Kier molecular flexibility index (Phi) is 4.78. The number of aromatic nitrogens is 2. The molecule has 1 aromatic carbocycles. The first-order chi connectivity index (χ1) is 11.5. The van der Waals surface area contributed by atoms with Gasteiger partial charge >= 0.3 is 0 Å². The van der Waals surface area contributed by atoms with Crippen molar-refractivity contribution in [2.75, 3.05) is 26.2 Å². The van der Waals surface area contributed by atoms with Gasteiger partial charge in [-0.2, -0.15) is 5.10 Å². The Morgan fingerprint density at radius 3 is 2.25 bits per heavy atom. The first kappa shape index (κ1) is 16.8. The number of piperazine rings is 1. The van der Waals surface area contributed by atoms with Crippen molar-refractivity contribution in [1.29, 1.82) is 0 Å². The second-order valence-electron chi connectivity index (χ2n) is 5.59. The van der Waals surface area contributed by atoms with Gasteiger partial charge in [0.1, 0.15) is 0 Å². The molecule has 0 radical (unpaired) electrons. The molecule has 0 N–H and O–H groups in total. The van der Waals surface area contributed by atoms with Gasteiger partial charge in [0.15, 0.2) is 0 Å². The predicted octanol–water partition coefficient (Wildman–Crippen LogP) is 2.33. The topological polar surface area (TPSA) is 58.4 Å². The molecule has 2 aromatic rings. The lowest BCUT2D eigenvalue weighted by atomic mass is 10.1. The molecule has 1 fully saturated rings. The summed E-state index contributed by atoms with van der Waals surface area (Å²) in [5.74, 6) is -0.244. The largest absolute Gasteiger partial charge is 0.335 e. The second-order valence-corrected chi connectivity index (χ2v) is 6.37. The van der Waals surface area contributed by atoms with E-state index in [2.05, 4.69) is 5.10 Å². The molecule has 0 unspecified atom stereocenters. The van der Waals surface area contributed by atoms with Crippen molar-refractivity contribution in [1.82, 2.24) is 19.6 Å². The highest BCUT2D eigenvalue weighted by Gasteiger charge is 2.27. The van der Waals surface area contributed by atoms with Crippen LogP contribution in [0.2, 0.25) is 10.0 Å². The van der Waals surface area contributed by atoms with Crippen LogP contribution >= 0.6 is 23.2 Å². The number of aryl methyl sites for hydroxylation is 1. The van der Waals surface area contributed by atoms with E-state index in [1.54, 1.807) is 52.1 Å². The van der Waals surface area contributed by atoms with Crippen molar-refractivity contribution in [2.45, 2.75) is 0 Å². The van der Waals surface area contributed by atoms with Crippen molar-refractivity contribution in [3.05, 3.63) is 51.8 Å². The van der Waals surface area contributed by atoms with Gasteiger partial charge in [-0.05, 0) is 12.1 Å². The zero-order valence-corrected chi connectivity index (χ0v) is 14.6. The van der Waals surface area contributed by atoms with Crippen molar-refractivity contribution >= 4 is 35.0 Å². The lowest BCUT2D eigenvalue weighted by Gasteiger charge is -2.34. The smallest absolute Gasteiger partial charge is 0.257 e. The fraction of sp³-hybridized carbons (Fsp3) is 0.312. The normalized spacial score (nSPS) is 14.8. The summed E-state index contributed by atoms with van der Waals surface area (Å²) in [6.07, 6.45) is 3.23.